The van der Waals surface area contributed by atoms with Crippen molar-refractivity contribution in [2.75, 3.05) is 6.54 Å². The third-order valence-electron chi connectivity index (χ3n) is 4.15. The summed E-state index contributed by atoms with van der Waals surface area (Å²) in [5.74, 6) is 2.50. The van der Waals surface area contributed by atoms with Gasteiger partial charge in [-0.05, 0) is 38.4 Å². The summed E-state index contributed by atoms with van der Waals surface area (Å²) in [6.45, 7) is 3.53. The van der Waals surface area contributed by atoms with E-state index in [1.165, 1.54) is 6.42 Å². The molecule has 4 heterocycles. The van der Waals surface area contributed by atoms with Gasteiger partial charge in [-0.2, -0.15) is 4.98 Å². The molecule has 0 aliphatic carbocycles. The second kappa shape index (κ2) is 6.00. The lowest BCUT2D eigenvalue weighted by molar-refractivity contribution is 0.129. The molecule has 1 aliphatic rings. The number of rotatable bonds is 4. The first-order valence-electron chi connectivity index (χ1n) is 7.83. The standard InChI is InChI=1S/C16H18N4O3/c1-11-9-12(18-22-11)13-5-2-3-7-20(13)10-15-17-16(23-19-15)14-6-4-8-21-14/h4,6,8-9,13H,2-3,5,7,10H2,1H3/t13-/m0/s1. The maximum Gasteiger partial charge on any atom is 0.293 e. The van der Waals surface area contributed by atoms with Gasteiger partial charge >= 0.3 is 0 Å². The highest BCUT2D eigenvalue weighted by molar-refractivity contribution is 5.42. The fourth-order valence-corrected chi connectivity index (χ4v) is 3.06. The lowest BCUT2D eigenvalue weighted by Gasteiger charge is -2.33. The molecule has 7 nitrogen and oxygen atoms in total. The van der Waals surface area contributed by atoms with Crippen molar-refractivity contribution in [1.29, 1.82) is 0 Å². The molecule has 7 heteroatoms. The van der Waals surface area contributed by atoms with Crippen LogP contribution in [0.15, 0.2) is 37.9 Å². The van der Waals surface area contributed by atoms with Crippen molar-refractivity contribution in [3.63, 3.8) is 0 Å². The van der Waals surface area contributed by atoms with Gasteiger partial charge in [-0.1, -0.05) is 16.7 Å². The highest BCUT2D eigenvalue weighted by atomic mass is 16.5. The van der Waals surface area contributed by atoms with E-state index in [0.717, 1.165) is 30.8 Å². The summed E-state index contributed by atoms with van der Waals surface area (Å²) >= 11 is 0. The van der Waals surface area contributed by atoms with E-state index in [4.69, 9.17) is 13.5 Å². The Kier molecular flexibility index (Phi) is 3.70. The summed E-state index contributed by atoms with van der Waals surface area (Å²) in [6.07, 6.45) is 5.01. The fraction of sp³-hybridized carbons (Fsp3) is 0.438. The minimum Gasteiger partial charge on any atom is -0.459 e. The number of hydrogen-bond acceptors (Lipinski definition) is 7. The van der Waals surface area contributed by atoms with Crippen molar-refractivity contribution in [1.82, 2.24) is 20.2 Å². The molecule has 0 N–H and O–H groups in total. The average molecular weight is 314 g/mol. The second-order valence-electron chi connectivity index (χ2n) is 5.84. The molecule has 3 aromatic rings. The van der Waals surface area contributed by atoms with Gasteiger partial charge in [0, 0.05) is 6.07 Å². The first kappa shape index (κ1) is 14.2. The molecule has 23 heavy (non-hydrogen) atoms. The van der Waals surface area contributed by atoms with Gasteiger partial charge in [0.15, 0.2) is 11.6 Å². The summed E-state index contributed by atoms with van der Waals surface area (Å²) in [4.78, 5) is 6.75. The number of aryl methyl sites for hydroxylation is 1. The second-order valence-corrected chi connectivity index (χ2v) is 5.84. The largest absolute Gasteiger partial charge is 0.459 e. The van der Waals surface area contributed by atoms with Crippen LogP contribution in [-0.2, 0) is 6.54 Å². The monoisotopic (exact) mass is 314 g/mol. The molecule has 0 amide bonds. The molecule has 1 atom stereocenters. The molecule has 0 spiro atoms. The molecule has 1 saturated heterocycles. The van der Waals surface area contributed by atoms with Gasteiger partial charge in [0.05, 0.1) is 18.8 Å². The van der Waals surface area contributed by atoms with Crippen LogP contribution in [0.3, 0.4) is 0 Å². The normalized spacial score (nSPS) is 19.3. The van der Waals surface area contributed by atoms with Gasteiger partial charge in [0.1, 0.15) is 11.5 Å². The van der Waals surface area contributed by atoms with Crippen LogP contribution in [0.5, 0.6) is 0 Å². The topological polar surface area (TPSA) is 81.3 Å². The van der Waals surface area contributed by atoms with Crippen molar-refractivity contribution < 1.29 is 13.5 Å². The lowest BCUT2D eigenvalue weighted by atomic mass is 9.99. The molecule has 4 rings (SSSR count). The smallest absolute Gasteiger partial charge is 0.293 e. The predicted molar refractivity (Wildman–Crippen MR) is 80.2 cm³/mol. The third kappa shape index (κ3) is 2.92. The van der Waals surface area contributed by atoms with Crippen molar-refractivity contribution >= 4 is 0 Å². The van der Waals surface area contributed by atoms with Crippen LogP contribution in [0, 0.1) is 6.92 Å². The Labute approximate surface area is 133 Å². The molecule has 0 radical (unpaired) electrons. The molecule has 1 aliphatic heterocycles. The Morgan fingerprint density at radius 2 is 2.22 bits per heavy atom. The van der Waals surface area contributed by atoms with E-state index in [-0.39, 0.29) is 6.04 Å². The molecule has 1 fully saturated rings. The van der Waals surface area contributed by atoms with Gasteiger partial charge in [-0.25, -0.2) is 0 Å². The number of furan rings is 1. The Bertz CT molecular complexity index is 762. The van der Waals surface area contributed by atoms with Crippen LogP contribution in [-0.4, -0.2) is 26.7 Å². The maximum absolute atomic E-state index is 5.28. The van der Waals surface area contributed by atoms with Crippen LogP contribution in [0.4, 0.5) is 0 Å². The minimum absolute atomic E-state index is 0.242. The number of aromatic nitrogens is 3. The molecule has 120 valence electrons. The van der Waals surface area contributed by atoms with Crippen molar-refractivity contribution in [2.24, 2.45) is 0 Å². The SMILES string of the molecule is Cc1cc([C@@H]2CCCCN2Cc2noc(-c3ccco3)n2)no1. The summed E-state index contributed by atoms with van der Waals surface area (Å²) < 4.78 is 15.8. The van der Waals surface area contributed by atoms with Crippen molar-refractivity contribution in [3.8, 4) is 11.7 Å². The fourth-order valence-electron chi connectivity index (χ4n) is 3.06. The number of piperidine rings is 1. The highest BCUT2D eigenvalue weighted by Crippen LogP contribution is 2.31. The Hall–Kier alpha value is -2.41. The number of likely N-dealkylation sites (tertiary alicyclic amines) is 1. The molecule has 0 saturated carbocycles. The lowest BCUT2D eigenvalue weighted by Crippen LogP contribution is -2.33. The number of hydrogen-bond donors (Lipinski definition) is 0. The van der Waals surface area contributed by atoms with Gasteiger partial charge in [0.25, 0.3) is 5.89 Å². The van der Waals surface area contributed by atoms with E-state index in [2.05, 4.69) is 20.2 Å². The van der Waals surface area contributed by atoms with Crippen LogP contribution >= 0.6 is 0 Å². The number of nitrogens with zero attached hydrogens (tertiary/aromatic N) is 4. The Morgan fingerprint density at radius 1 is 1.26 bits per heavy atom. The first-order valence-corrected chi connectivity index (χ1v) is 7.83. The zero-order valence-electron chi connectivity index (χ0n) is 12.9. The van der Waals surface area contributed by atoms with Gasteiger partial charge < -0.3 is 13.5 Å². The zero-order chi connectivity index (χ0) is 15.6. The highest BCUT2D eigenvalue weighted by Gasteiger charge is 2.28. The molecule has 3 aromatic heterocycles. The predicted octanol–water partition coefficient (Wildman–Crippen LogP) is 3.35. The maximum atomic E-state index is 5.28. The molecule has 0 unspecified atom stereocenters. The molecule has 0 bridgehead atoms. The van der Waals surface area contributed by atoms with E-state index in [9.17, 15) is 0 Å². The Morgan fingerprint density at radius 3 is 3.00 bits per heavy atom. The average Bonchev–Trinajstić information content (AvgIpc) is 3.28. The van der Waals surface area contributed by atoms with E-state index < -0.39 is 0 Å². The van der Waals surface area contributed by atoms with Gasteiger partial charge in [-0.3, -0.25) is 4.90 Å². The van der Waals surface area contributed by atoms with Gasteiger partial charge in [-0.15, -0.1) is 0 Å². The molecular weight excluding hydrogens is 296 g/mol. The van der Waals surface area contributed by atoms with E-state index in [1.54, 1.807) is 18.4 Å². The zero-order valence-corrected chi connectivity index (χ0v) is 12.9. The van der Waals surface area contributed by atoms with Crippen LogP contribution in [0.2, 0.25) is 0 Å². The van der Waals surface area contributed by atoms with Crippen LogP contribution in [0.1, 0.15) is 42.6 Å². The quantitative estimate of drug-likeness (QED) is 0.730. The summed E-state index contributed by atoms with van der Waals surface area (Å²) in [6, 6.07) is 5.85. The summed E-state index contributed by atoms with van der Waals surface area (Å²) in [7, 11) is 0. The minimum atomic E-state index is 0.242. The van der Waals surface area contributed by atoms with E-state index in [1.807, 2.05) is 13.0 Å². The molecular formula is C16H18N4O3. The summed E-state index contributed by atoms with van der Waals surface area (Å²) in [5, 5.41) is 8.25. The van der Waals surface area contributed by atoms with Crippen LogP contribution < -0.4 is 0 Å². The van der Waals surface area contributed by atoms with Crippen LogP contribution in [0.25, 0.3) is 11.7 Å². The summed E-state index contributed by atoms with van der Waals surface area (Å²) in [5.41, 5.74) is 0.983. The van der Waals surface area contributed by atoms with Gasteiger partial charge in [0.2, 0.25) is 0 Å². The van der Waals surface area contributed by atoms with E-state index in [0.29, 0.717) is 24.0 Å². The van der Waals surface area contributed by atoms with E-state index >= 15 is 0 Å². The van der Waals surface area contributed by atoms with Crippen molar-refractivity contribution in [2.45, 2.75) is 38.8 Å². The van der Waals surface area contributed by atoms with Crippen molar-refractivity contribution in [3.05, 3.63) is 41.7 Å². The molecule has 0 aromatic carbocycles. The third-order valence-corrected chi connectivity index (χ3v) is 4.15. The Balaban J connectivity index is 1.52. The first-order chi connectivity index (χ1) is 11.3.